The van der Waals surface area contributed by atoms with Crippen molar-refractivity contribution in [2.45, 2.75) is 0 Å². The fourth-order valence-electron chi connectivity index (χ4n) is 2.18. The summed E-state index contributed by atoms with van der Waals surface area (Å²) < 4.78 is -2.46. The second kappa shape index (κ2) is 4.51. The fourth-order valence-corrected chi connectivity index (χ4v) is 4.27. The van der Waals surface area contributed by atoms with Gasteiger partial charge in [0.25, 0.3) is 0 Å². The minimum Gasteiger partial charge on any atom is -0.0632 e. The SMILES string of the molecule is S=P(Cl)(Cl)c1cccc2cc3ccccc3cc12. The van der Waals surface area contributed by atoms with E-state index in [0.29, 0.717) is 0 Å². The summed E-state index contributed by atoms with van der Waals surface area (Å²) in [6.45, 7) is 0. The van der Waals surface area contributed by atoms with E-state index >= 15 is 0 Å². The van der Waals surface area contributed by atoms with E-state index in [0.717, 1.165) is 16.1 Å². The molecule has 0 nitrogen and oxygen atoms in total. The normalized spacial score (nSPS) is 12.1. The molecule has 0 spiro atoms. The Hall–Kier alpha value is -0.590. The number of rotatable bonds is 1. The number of hydrogen-bond donors (Lipinski definition) is 0. The van der Waals surface area contributed by atoms with Gasteiger partial charge in [-0.1, -0.05) is 76.8 Å². The molecule has 4 heteroatoms. The Labute approximate surface area is 120 Å². The number of fused-ring (bicyclic) bond motifs is 2. The highest BCUT2D eigenvalue weighted by Crippen LogP contribution is 2.56. The Bertz CT molecular complexity index is 792. The van der Waals surface area contributed by atoms with Crippen LogP contribution in [0.3, 0.4) is 0 Å². The van der Waals surface area contributed by atoms with Crippen LogP contribution in [0.1, 0.15) is 0 Å². The molecule has 0 amide bonds. The molecule has 0 fully saturated rings. The van der Waals surface area contributed by atoms with Gasteiger partial charge in [0.15, 0.2) is 0 Å². The third-order valence-corrected chi connectivity index (χ3v) is 5.64. The molecule has 0 saturated heterocycles. The minimum atomic E-state index is -2.46. The summed E-state index contributed by atoms with van der Waals surface area (Å²) in [6, 6.07) is 18.4. The van der Waals surface area contributed by atoms with Crippen molar-refractivity contribution in [3.8, 4) is 0 Å². The summed E-state index contributed by atoms with van der Waals surface area (Å²) in [5.41, 5.74) is 0. The van der Waals surface area contributed by atoms with Gasteiger partial charge in [-0.3, -0.25) is 0 Å². The van der Waals surface area contributed by atoms with Gasteiger partial charge < -0.3 is 0 Å². The first-order chi connectivity index (χ1) is 8.55. The van der Waals surface area contributed by atoms with E-state index in [2.05, 4.69) is 30.3 Å². The van der Waals surface area contributed by atoms with Crippen LogP contribution in [0, 0.1) is 0 Å². The van der Waals surface area contributed by atoms with Crippen molar-refractivity contribution < 1.29 is 0 Å². The highest BCUT2D eigenvalue weighted by Gasteiger charge is 2.15. The lowest BCUT2D eigenvalue weighted by molar-refractivity contribution is 1.79. The standard InChI is InChI=1S/C14H9Cl2PS/c15-17(16,18)14-7-3-6-12-8-10-4-1-2-5-11(10)9-13(12)14/h1-9H. The summed E-state index contributed by atoms with van der Waals surface area (Å²) >= 11 is 17.6. The van der Waals surface area contributed by atoms with Crippen LogP contribution in [0.2, 0.25) is 0 Å². The van der Waals surface area contributed by atoms with Gasteiger partial charge in [-0.15, -0.1) is 0 Å². The van der Waals surface area contributed by atoms with Crippen molar-refractivity contribution in [3.05, 3.63) is 54.6 Å². The predicted octanol–water partition coefficient (Wildman–Crippen LogP) is 5.41. The molecule has 3 rings (SSSR count). The molecule has 0 atom stereocenters. The van der Waals surface area contributed by atoms with Crippen LogP contribution in [-0.2, 0) is 11.8 Å². The third kappa shape index (κ3) is 2.17. The minimum absolute atomic E-state index is 0.879. The molecule has 18 heavy (non-hydrogen) atoms. The van der Waals surface area contributed by atoms with Crippen molar-refractivity contribution in [1.82, 2.24) is 0 Å². The summed E-state index contributed by atoms with van der Waals surface area (Å²) in [5, 5.41) is 5.45. The zero-order chi connectivity index (χ0) is 12.8. The molecule has 0 aliphatic carbocycles. The highest BCUT2D eigenvalue weighted by molar-refractivity contribution is 8.42. The Morgan fingerprint density at radius 1 is 0.778 bits per heavy atom. The maximum atomic E-state index is 6.18. The van der Waals surface area contributed by atoms with Crippen molar-refractivity contribution in [3.63, 3.8) is 0 Å². The maximum Gasteiger partial charge on any atom is 0.147 e. The maximum absolute atomic E-state index is 6.18. The summed E-state index contributed by atoms with van der Waals surface area (Å²) in [7, 11) is 0. The quantitative estimate of drug-likeness (QED) is 0.428. The van der Waals surface area contributed by atoms with Crippen LogP contribution in [0.25, 0.3) is 21.5 Å². The van der Waals surface area contributed by atoms with Gasteiger partial charge in [0, 0.05) is 5.30 Å². The first-order valence-electron chi connectivity index (χ1n) is 5.47. The average molecular weight is 311 g/mol. The summed E-state index contributed by atoms with van der Waals surface area (Å²) in [6.07, 6.45) is 0. The average Bonchev–Trinajstić information content (AvgIpc) is 2.34. The van der Waals surface area contributed by atoms with Gasteiger partial charge in [-0.2, -0.15) is 0 Å². The number of benzene rings is 3. The van der Waals surface area contributed by atoms with Crippen LogP contribution in [0.4, 0.5) is 0 Å². The lowest BCUT2D eigenvalue weighted by Gasteiger charge is -2.11. The van der Waals surface area contributed by atoms with Gasteiger partial charge in [0.2, 0.25) is 0 Å². The summed E-state index contributed by atoms with van der Waals surface area (Å²) in [5.74, 6) is 0. The molecule has 0 aliphatic rings. The van der Waals surface area contributed by atoms with Gasteiger partial charge in [0.1, 0.15) is 4.74 Å². The van der Waals surface area contributed by atoms with E-state index in [9.17, 15) is 0 Å². The molecular formula is C14H9Cl2PS. The monoisotopic (exact) mass is 310 g/mol. The molecule has 0 heterocycles. The number of hydrogen-bond acceptors (Lipinski definition) is 1. The van der Waals surface area contributed by atoms with E-state index in [1.54, 1.807) is 0 Å². The molecule has 0 saturated carbocycles. The van der Waals surface area contributed by atoms with E-state index in [1.165, 1.54) is 10.8 Å². The predicted molar refractivity (Wildman–Crippen MR) is 87.1 cm³/mol. The Balaban J connectivity index is 2.47. The van der Waals surface area contributed by atoms with Crippen LogP contribution in [0.15, 0.2) is 54.6 Å². The van der Waals surface area contributed by atoms with Crippen LogP contribution < -0.4 is 5.30 Å². The molecular weight excluding hydrogens is 302 g/mol. The van der Waals surface area contributed by atoms with Gasteiger partial charge in [-0.25, -0.2) is 0 Å². The Morgan fingerprint density at radius 2 is 1.39 bits per heavy atom. The smallest absolute Gasteiger partial charge is 0.0632 e. The first kappa shape index (κ1) is 12.4. The van der Waals surface area contributed by atoms with Crippen LogP contribution in [0.5, 0.6) is 0 Å². The molecule has 0 aliphatic heterocycles. The van der Waals surface area contributed by atoms with E-state index in [-0.39, 0.29) is 0 Å². The molecule has 3 aromatic rings. The van der Waals surface area contributed by atoms with Gasteiger partial charge in [-0.05, 0) is 33.7 Å². The van der Waals surface area contributed by atoms with Crippen LogP contribution >= 0.6 is 27.2 Å². The second-order valence-corrected chi connectivity index (χ2v) is 12.0. The van der Waals surface area contributed by atoms with Crippen molar-refractivity contribution >= 4 is 65.9 Å². The third-order valence-electron chi connectivity index (χ3n) is 3.00. The molecule has 90 valence electrons. The van der Waals surface area contributed by atoms with Crippen molar-refractivity contribution in [2.24, 2.45) is 0 Å². The molecule has 0 aromatic heterocycles. The molecule has 0 radical (unpaired) electrons. The molecule has 0 unspecified atom stereocenters. The zero-order valence-electron chi connectivity index (χ0n) is 9.31. The Morgan fingerprint density at radius 3 is 2.06 bits per heavy atom. The number of halogens is 2. The Kier molecular flexibility index (Phi) is 3.11. The second-order valence-electron chi connectivity index (χ2n) is 4.16. The van der Waals surface area contributed by atoms with E-state index in [1.807, 2.05) is 24.3 Å². The largest absolute Gasteiger partial charge is 0.147 e. The molecule has 3 aromatic carbocycles. The first-order valence-corrected chi connectivity index (χ1v) is 10.1. The van der Waals surface area contributed by atoms with E-state index < -0.39 is 4.74 Å². The summed E-state index contributed by atoms with van der Waals surface area (Å²) in [4.78, 5) is 0. The highest BCUT2D eigenvalue weighted by atomic mass is 35.9. The lowest BCUT2D eigenvalue weighted by Crippen LogP contribution is -1.98. The van der Waals surface area contributed by atoms with Crippen LogP contribution in [-0.4, -0.2) is 0 Å². The van der Waals surface area contributed by atoms with Crippen molar-refractivity contribution in [2.75, 3.05) is 0 Å². The van der Waals surface area contributed by atoms with Gasteiger partial charge >= 0.3 is 0 Å². The van der Waals surface area contributed by atoms with Gasteiger partial charge in [0.05, 0.1) is 0 Å². The molecule has 0 bridgehead atoms. The van der Waals surface area contributed by atoms with Crippen molar-refractivity contribution in [1.29, 1.82) is 0 Å². The fraction of sp³-hybridized carbons (Fsp3) is 0. The van der Waals surface area contributed by atoms with E-state index in [4.69, 9.17) is 34.3 Å². The zero-order valence-corrected chi connectivity index (χ0v) is 12.5. The lowest BCUT2D eigenvalue weighted by atomic mass is 10.0. The topological polar surface area (TPSA) is 0 Å². The molecule has 0 N–H and O–H groups in total.